The third kappa shape index (κ3) is 5.21. The third-order valence-corrected chi connectivity index (χ3v) is 6.04. The van der Waals surface area contributed by atoms with Crippen molar-refractivity contribution in [2.75, 3.05) is 13.1 Å². The summed E-state index contributed by atoms with van der Waals surface area (Å²) in [5, 5.41) is 7.29. The lowest BCUT2D eigenvalue weighted by Crippen LogP contribution is -2.38. The molecule has 2 atom stereocenters. The quantitative estimate of drug-likeness (QED) is 0.759. The fraction of sp³-hybridized carbons (Fsp3) is 0.500. The minimum atomic E-state index is -0.0855. The lowest BCUT2D eigenvalue weighted by atomic mass is 9.95. The van der Waals surface area contributed by atoms with Gasteiger partial charge >= 0.3 is 0 Å². The monoisotopic (exact) mass is 431 g/mol. The van der Waals surface area contributed by atoms with Crippen LogP contribution in [0.1, 0.15) is 53.9 Å². The number of amides is 2. The van der Waals surface area contributed by atoms with Crippen LogP contribution in [0.2, 0.25) is 0 Å². The van der Waals surface area contributed by atoms with Crippen LogP contribution >= 0.6 is 12.4 Å². The summed E-state index contributed by atoms with van der Waals surface area (Å²) in [6.45, 7) is 1.25. The van der Waals surface area contributed by atoms with Crippen LogP contribution in [0.15, 0.2) is 42.7 Å². The molecule has 1 saturated carbocycles. The van der Waals surface area contributed by atoms with Crippen LogP contribution < -0.4 is 11.1 Å². The number of nitrogens with zero attached hydrogens (tertiary/aromatic N) is 3. The van der Waals surface area contributed by atoms with Gasteiger partial charge in [-0.15, -0.1) is 12.4 Å². The van der Waals surface area contributed by atoms with Gasteiger partial charge in [0.25, 0.3) is 5.91 Å². The van der Waals surface area contributed by atoms with Gasteiger partial charge in [-0.3, -0.25) is 14.3 Å². The molecule has 2 aliphatic rings. The second-order valence-corrected chi connectivity index (χ2v) is 8.22. The standard InChI is InChI=1S/C22H29N5O2.ClH/c23-20-14-26(13-19(20)16-7-3-1-4-8-16)22(29)17-11-24-27(12-17)15-21(28)25-18-9-5-2-6-10-18;/h1,3-4,7-8,11-12,18-20H,2,5-6,9-10,13-15,23H2,(H,25,28);1H/t19-,20+;/m0./s1. The molecule has 1 aromatic carbocycles. The molecule has 2 amide bonds. The first kappa shape index (κ1) is 22.3. The first-order valence-corrected chi connectivity index (χ1v) is 10.5. The molecular formula is C22H30ClN5O2. The molecule has 1 aromatic heterocycles. The zero-order chi connectivity index (χ0) is 20.2. The molecule has 8 heteroatoms. The number of likely N-dealkylation sites (tertiary alicyclic amines) is 1. The van der Waals surface area contributed by atoms with E-state index < -0.39 is 0 Å². The Morgan fingerprint density at radius 3 is 2.57 bits per heavy atom. The van der Waals surface area contributed by atoms with Gasteiger partial charge in [-0.25, -0.2) is 0 Å². The lowest BCUT2D eigenvalue weighted by Gasteiger charge is -2.22. The van der Waals surface area contributed by atoms with Crippen molar-refractivity contribution in [1.29, 1.82) is 0 Å². The van der Waals surface area contributed by atoms with E-state index in [1.807, 2.05) is 18.2 Å². The van der Waals surface area contributed by atoms with Gasteiger partial charge in [0.2, 0.25) is 5.91 Å². The zero-order valence-corrected chi connectivity index (χ0v) is 17.9. The molecule has 0 unspecified atom stereocenters. The van der Waals surface area contributed by atoms with Gasteiger partial charge in [0, 0.05) is 37.3 Å². The number of nitrogens with two attached hydrogens (primary N) is 1. The van der Waals surface area contributed by atoms with Crippen molar-refractivity contribution in [2.24, 2.45) is 5.73 Å². The number of hydrogen-bond acceptors (Lipinski definition) is 4. The highest BCUT2D eigenvalue weighted by Gasteiger charge is 2.34. The summed E-state index contributed by atoms with van der Waals surface area (Å²) in [7, 11) is 0. The molecule has 2 fully saturated rings. The van der Waals surface area contributed by atoms with Gasteiger partial charge in [0.1, 0.15) is 6.54 Å². The summed E-state index contributed by atoms with van der Waals surface area (Å²) in [4.78, 5) is 27.0. The Morgan fingerprint density at radius 2 is 1.83 bits per heavy atom. The molecule has 7 nitrogen and oxygen atoms in total. The Bertz CT molecular complexity index is 850. The van der Waals surface area contributed by atoms with Crippen molar-refractivity contribution in [3.05, 3.63) is 53.9 Å². The number of aromatic nitrogens is 2. The van der Waals surface area contributed by atoms with Gasteiger partial charge in [-0.2, -0.15) is 5.10 Å². The largest absolute Gasteiger partial charge is 0.352 e. The van der Waals surface area contributed by atoms with Gasteiger partial charge in [-0.05, 0) is 18.4 Å². The van der Waals surface area contributed by atoms with Crippen LogP contribution in [-0.2, 0) is 11.3 Å². The van der Waals surface area contributed by atoms with Crippen LogP contribution in [0, 0.1) is 0 Å². The first-order valence-electron chi connectivity index (χ1n) is 10.5. The number of hydrogen-bond donors (Lipinski definition) is 2. The number of nitrogens with one attached hydrogen (secondary N) is 1. The Kier molecular flexibility index (Phi) is 7.50. The van der Waals surface area contributed by atoms with Crippen LogP contribution in [0.4, 0.5) is 0 Å². The third-order valence-electron chi connectivity index (χ3n) is 6.04. The highest BCUT2D eigenvalue weighted by Crippen LogP contribution is 2.27. The summed E-state index contributed by atoms with van der Waals surface area (Å²) in [6, 6.07) is 10.3. The molecule has 2 heterocycles. The summed E-state index contributed by atoms with van der Waals surface area (Å²) < 4.78 is 1.54. The molecule has 1 saturated heterocycles. The van der Waals surface area contributed by atoms with E-state index in [1.54, 1.807) is 11.1 Å². The number of halogens is 1. The molecule has 4 rings (SSSR count). The van der Waals surface area contributed by atoms with Crippen LogP contribution in [0.5, 0.6) is 0 Å². The van der Waals surface area contributed by atoms with E-state index >= 15 is 0 Å². The smallest absolute Gasteiger partial charge is 0.257 e. The molecule has 1 aliphatic carbocycles. The molecule has 3 N–H and O–H groups in total. The molecule has 2 aromatic rings. The Morgan fingerprint density at radius 1 is 1.10 bits per heavy atom. The van der Waals surface area contributed by atoms with Crippen molar-refractivity contribution in [3.63, 3.8) is 0 Å². The van der Waals surface area contributed by atoms with E-state index in [9.17, 15) is 9.59 Å². The molecular weight excluding hydrogens is 402 g/mol. The first-order chi connectivity index (χ1) is 14.1. The average Bonchev–Trinajstić information content (AvgIpc) is 3.35. The van der Waals surface area contributed by atoms with Crippen molar-refractivity contribution >= 4 is 24.2 Å². The van der Waals surface area contributed by atoms with Crippen LogP contribution in [0.3, 0.4) is 0 Å². The highest BCUT2D eigenvalue weighted by atomic mass is 35.5. The number of carbonyl (C=O) groups excluding carboxylic acids is 2. The second kappa shape index (κ2) is 10.1. The van der Waals surface area contributed by atoms with Gasteiger partial charge in [-0.1, -0.05) is 49.6 Å². The highest BCUT2D eigenvalue weighted by molar-refractivity contribution is 5.94. The normalized spacial score (nSPS) is 21.8. The van der Waals surface area contributed by atoms with E-state index in [4.69, 9.17) is 5.73 Å². The van der Waals surface area contributed by atoms with Crippen molar-refractivity contribution in [2.45, 2.75) is 56.7 Å². The second-order valence-electron chi connectivity index (χ2n) is 8.22. The molecule has 162 valence electrons. The van der Waals surface area contributed by atoms with Gasteiger partial charge < -0.3 is 16.0 Å². The predicted octanol–water partition coefficient (Wildman–Crippen LogP) is 2.32. The number of carbonyl (C=O) groups is 2. The average molecular weight is 432 g/mol. The van der Waals surface area contributed by atoms with E-state index in [1.165, 1.54) is 30.1 Å². The number of rotatable bonds is 5. The lowest BCUT2D eigenvalue weighted by molar-refractivity contribution is -0.122. The Balaban J connectivity index is 0.00000256. The molecule has 0 radical (unpaired) electrons. The topological polar surface area (TPSA) is 93.2 Å². The summed E-state index contributed by atoms with van der Waals surface area (Å²) in [5.41, 5.74) is 7.96. The molecule has 0 spiro atoms. The van der Waals surface area contributed by atoms with E-state index in [-0.39, 0.29) is 48.8 Å². The van der Waals surface area contributed by atoms with Gasteiger partial charge in [0.15, 0.2) is 0 Å². The summed E-state index contributed by atoms with van der Waals surface area (Å²) in [6.07, 6.45) is 8.89. The van der Waals surface area contributed by atoms with Crippen LogP contribution in [-0.4, -0.2) is 51.7 Å². The minimum Gasteiger partial charge on any atom is -0.352 e. The van der Waals surface area contributed by atoms with E-state index in [2.05, 4.69) is 22.5 Å². The number of benzene rings is 1. The predicted molar refractivity (Wildman–Crippen MR) is 118 cm³/mol. The molecule has 0 bridgehead atoms. The zero-order valence-electron chi connectivity index (χ0n) is 17.1. The molecule has 30 heavy (non-hydrogen) atoms. The summed E-state index contributed by atoms with van der Waals surface area (Å²) in [5.74, 6) is 0.000575. The fourth-order valence-electron chi connectivity index (χ4n) is 4.46. The SMILES string of the molecule is Cl.N[C@@H]1CN(C(=O)c2cnn(CC(=O)NC3CCCCC3)c2)C[C@H]1c1ccccc1. The maximum Gasteiger partial charge on any atom is 0.257 e. The maximum absolute atomic E-state index is 12.9. The maximum atomic E-state index is 12.9. The van der Waals surface area contributed by atoms with E-state index in [0.29, 0.717) is 18.7 Å². The Hall–Kier alpha value is -2.38. The molecule has 1 aliphatic heterocycles. The van der Waals surface area contributed by atoms with E-state index in [0.717, 1.165) is 18.4 Å². The van der Waals surface area contributed by atoms with Gasteiger partial charge in [0.05, 0.1) is 11.8 Å². The van der Waals surface area contributed by atoms with Crippen molar-refractivity contribution < 1.29 is 9.59 Å². The van der Waals surface area contributed by atoms with Crippen LogP contribution in [0.25, 0.3) is 0 Å². The Labute approximate surface area is 183 Å². The fourth-order valence-corrected chi connectivity index (χ4v) is 4.46. The summed E-state index contributed by atoms with van der Waals surface area (Å²) >= 11 is 0. The van der Waals surface area contributed by atoms with Crippen molar-refractivity contribution in [3.8, 4) is 0 Å². The minimum absolute atomic E-state index is 0. The van der Waals surface area contributed by atoms with Crippen molar-refractivity contribution in [1.82, 2.24) is 20.0 Å².